The van der Waals surface area contributed by atoms with Crippen molar-refractivity contribution in [3.63, 3.8) is 0 Å². The molecular weight excluding hydrogens is 367 g/mol. The lowest BCUT2D eigenvalue weighted by Crippen LogP contribution is -2.46. The number of likely N-dealkylation sites (N-methyl/N-ethyl adjacent to an activating group) is 1. The third-order valence-electron chi connectivity index (χ3n) is 3.22. The normalized spacial score (nSPS) is 10.8. The van der Waals surface area contributed by atoms with Gasteiger partial charge in [0.05, 0.1) is 13.0 Å². The molecule has 0 saturated carbocycles. The molecule has 0 aliphatic carbocycles. The van der Waals surface area contributed by atoms with Crippen molar-refractivity contribution in [1.82, 2.24) is 20.7 Å². The molecule has 134 valence electrons. The molecule has 1 heterocycles. The van der Waals surface area contributed by atoms with E-state index in [-0.39, 0.29) is 25.4 Å². The highest BCUT2D eigenvalue weighted by Gasteiger charge is 2.13. The molecule has 0 radical (unpaired) electrons. The summed E-state index contributed by atoms with van der Waals surface area (Å²) in [5.41, 5.74) is 5.83. The number of halogens is 2. The van der Waals surface area contributed by atoms with Gasteiger partial charge in [-0.3, -0.25) is 25.3 Å². The number of amides is 2. The van der Waals surface area contributed by atoms with Gasteiger partial charge in [0.1, 0.15) is 10.8 Å². The second-order valence-corrected chi connectivity index (χ2v) is 6.88. The summed E-state index contributed by atoms with van der Waals surface area (Å²) in [7, 11) is 1.66. The van der Waals surface area contributed by atoms with Gasteiger partial charge in [-0.1, -0.05) is 17.7 Å². The number of benzene rings is 1. The van der Waals surface area contributed by atoms with Gasteiger partial charge in [-0.2, -0.15) is 0 Å². The van der Waals surface area contributed by atoms with Gasteiger partial charge in [0.25, 0.3) is 5.91 Å². The van der Waals surface area contributed by atoms with Crippen LogP contribution in [0.4, 0.5) is 4.39 Å². The lowest BCUT2D eigenvalue weighted by atomic mass is 10.2. The maximum absolute atomic E-state index is 13.7. The van der Waals surface area contributed by atoms with Crippen molar-refractivity contribution in [1.29, 1.82) is 0 Å². The van der Waals surface area contributed by atoms with E-state index >= 15 is 0 Å². The molecule has 0 saturated heterocycles. The Labute approximate surface area is 154 Å². The fourth-order valence-corrected chi connectivity index (χ4v) is 3.09. The summed E-state index contributed by atoms with van der Waals surface area (Å²) in [5.74, 6) is -1.20. The highest BCUT2D eigenvalue weighted by molar-refractivity contribution is 7.09. The average molecular weight is 385 g/mol. The summed E-state index contributed by atoms with van der Waals surface area (Å²) in [5, 5.41) is 2.83. The first-order valence-corrected chi connectivity index (χ1v) is 8.71. The number of thiazole rings is 1. The number of aryl methyl sites for hydroxylation is 1. The highest BCUT2D eigenvalue weighted by Crippen LogP contribution is 2.20. The van der Waals surface area contributed by atoms with Crippen LogP contribution in [0, 0.1) is 12.7 Å². The number of aromatic nitrogens is 1. The summed E-state index contributed by atoms with van der Waals surface area (Å²) in [6.45, 7) is 1.99. The lowest BCUT2D eigenvalue weighted by molar-refractivity contribution is -0.129. The Morgan fingerprint density at radius 3 is 2.68 bits per heavy atom. The lowest BCUT2D eigenvalue weighted by Gasteiger charge is -2.17. The number of hydrazine groups is 1. The van der Waals surface area contributed by atoms with Crippen molar-refractivity contribution in [2.45, 2.75) is 19.9 Å². The Morgan fingerprint density at radius 1 is 1.32 bits per heavy atom. The predicted molar refractivity (Wildman–Crippen MR) is 94.6 cm³/mol. The fourth-order valence-electron chi connectivity index (χ4n) is 2.10. The molecule has 25 heavy (non-hydrogen) atoms. The SMILES string of the molecule is Cc1csc(CC(=O)NNC(=O)CN(C)Cc2c(F)cccc2Cl)n1. The fraction of sp³-hybridized carbons (Fsp3) is 0.312. The predicted octanol–water partition coefficient (Wildman–Crippen LogP) is 2.07. The van der Waals surface area contributed by atoms with Gasteiger partial charge >= 0.3 is 0 Å². The molecule has 0 aliphatic rings. The Hall–Kier alpha value is -2.03. The van der Waals surface area contributed by atoms with Crippen molar-refractivity contribution in [2.75, 3.05) is 13.6 Å². The van der Waals surface area contributed by atoms with Crippen molar-refractivity contribution < 1.29 is 14.0 Å². The minimum Gasteiger partial charge on any atom is -0.293 e. The molecule has 1 aromatic heterocycles. The van der Waals surface area contributed by atoms with Crippen molar-refractivity contribution in [3.05, 3.63) is 50.7 Å². The Kier molecular flexibility index (Phi) is 6.86. The van der Waals surface area contributed by atoms with Crippen LogP contribution in [0.2, 0.25) is 5.02 Å². The van der Waals surface area contributed by atoms with Crippen LogP contribution in [-0.2, 0) is 22.6 Å². The Balaban J connectivity index is 1.76. The minimum absolute atomic E-state index is 0.0265. The quantitative estimate of drug-likeness (QED) is 0.748. The number of rotatable bonds is 6. The van der Waals surface area contributed by atoms with Crippen LogP contribution in [0.1, 0.15) is 16.3 Å². The molecule has 2 amide bonds. The molecular formula is C16H18ClFN4O2S. The first-order valence-electron chi connectivity index (χ1n) is 7.45. The van der Waals surface area contributed by atoms with Crippen molar-refractivity contribution in [2.24, 2.45) is 0 Å². The zero-order valence-electron chi connectivity index (χ0n) is 13.8. The van der Waals surface area contributed by atoms with Crippen LogP contribution in [0.15, 0.2) is 23.6 Å². The van der Waals surface area contributed by atoms with Crippen LogP contribution in [-0.4, -0.2) is 35.3 Å². The summed E-state index contributed by atoms with van der Waals surface area (Å²) < 4.78 is 13.7. The molecule has 0 bridgehead atoms. The van der Waals surface area contributed by atoms with E-state index < -0.39 is 11.7 Å². The van der Waals surface area contributed by atoms with Gasteiger partial charge in [0.15, 0.2) is 0 Å². The van der Waals surface area contributed by atoms with Gasteiger partial charge in [-0.05, 0) is 26.1 Å². The van der Waals surface area contributed by atoms with E-state index in [0.717, 1.165) is 5.69 Å². The molecule has 0 fully saturated rings. The van der Waals surface area contributed by atoms with E-state index in [1.807, 2.05) is 12.3 Å². The minimum atomic E-state index is -0.424. The van der Waals surface area contributed by atoms with Crippen LogP contribution in [0.25, 0.3) is 0 Å². The summed E-state index contributed by atoms with van der Waals surface area (Å²) >= 11 is 7.35. The molecule has 2 aromatic rings. The van der Waals surface area contributed by atoms with Gasteiger partial charge in [0, 0.05) is 28.2 Å². The van der Waals surface area contributed by atoms with E-state index in [2.05, 4.69) is 15.8 Å². The number of carbonyl (C=O) groups is 2. The number of carbonyl (C=O) groups excluding carboxylic acids is 2. The van der Waals surface area contributed by atoms with Crippen LogP contribution >= 0.6 is 22.9 Å². The zero-order chi connectivity index (χ0) is 18.4. The summed E-state index contributed by atoms with van der Waals surface area (Å²) in [6.07, 6.45) is 0.0967. The summed E-state index contributed by atoms with van der Waals surface area (Å²) in [4.78, 5) is 29.4. The maximum Gasteiger partial charge on any atom is 0.252 e. The van der Waals surface area contributed by atoms with Crippen LogP contribution < -0.4 is 10.9 Å². The zero-order valence-corrected chi connectivity index (χ0v) is 15.4. The van der Waals surface area contributed by atoms with Crippen LogP contribution in [0.5, 0.6) is 0 Å². The third kappa shape index (κ3) is 6.08. The van der Waals surface area contributed by atoms with E-state index in [1.54, 1.807) is 18.0 Å². The largest absolute Gasteiger partial charge is 0.293 e. The standard InChI is InChI=1S/C16H18ClFN4O2S/c1-10-9-25-16(19-10)6-14(23)20-21-15(24)8-22(2)7-11-12(17)4-3-5-13(11)18/h3-5,9H,6-8H2,1-2H3,(H,20,23)(H,21,24). The van der Waals surface area contributed by atoms with Crippen LogP contribution in [0.3, 0.4) is 0 Å². The molecule has 6 nitrogen and oxygen atoms in total. The highest BCUT2D eigenvalue weighted by atomic mass is 35.5. The van der Waals surface area contributed by atoms with Crippen molar-refractivity contribution in [3.8, 4) is 0 Å². The monoisotopic (exact) mass is 384 g/mol. The third-order valence-corrected chi connectivity index (χ3v) is 4.54. The van der Waals surface area contributed by atoms with E-state index in [0.29, 0.717) is 15.6 Å². The smallest absolute Gasteiger partial charge is 0.252 e. The molecule has 1 aromatic carbocycles. The van der Waals surface area contributed by atoms with E-state index in [9.17, 15) is 14.0 Å². The van der Waals surface area contributed by atoms with Gasteiger partial charge in [0.2, 0.25) is 5.91 Å². The number of nitrogens with one attached hydrogen (secondary N) is 2. The molecule has 0 spiro atoms. The molecule has 0 atom stereocenters. The van der Waals surface area contributed by atoms with Gasteiger partial charge < -0.3 is 0 Å². The molecule has 0 unspecified atom stereocenters. The second-order valence-electron chi connectivity index (χ2n) is 5.53. The number of nitrogens with zero attached hydrogens (tertiary/aromatic N) is 2. The van der Waals surface area contributed by atoms with Crippen molar-refractivity contribution >= 4 is 34.8 Å². The molecule has 9 heteroatoms. The maximum atomic E-state index is 13.7. The van der Waals surface area contributed by atoms with Gasteiger partial charge in [-0.15, -0.1) is 11.3 Å². The Bertz CT molecular complexity index is 748. The average Bonchev–Trinajstić information content (AvgIpc) is 2.94. The number of hydrogen-bond acceptors (Lipinski definition) is 5. The molecule has 2 rings (SSSR count). The Morgan fingerprint density at radius 2 is 2.04 bits per heavy atom. The topological polar surface area (TPSA) is 74.3 Å². The molecule has 0 aliphatic heterocycles. The summed E-state index contributed by atoms with van der Waals surface area (Å²) in [6, 6.07) is 4.43. The second kappa shape index (κ2) is 8.89. The van der Waals surface area contributed by atoms with Gasteiger partial charge in [-0.25, -0.2) is 9.37 Å². The van der Waals surface area contributed by atoms with E-state index in [1.165, 1.54) is 23.5 Å². The number of hydrogen-bond donors (Lipinski definition) is 2. The molecule has 2 N–H and O–H groups in total. The first-order chi connectivity index (χ1) is 11.8. The van der Waals surface area contributed by atoms with E-state index in [4.69, 9.17) is 11.6 Å². The first kappa shape index (κ1) is 19.3.